The monoisotopic (exact) mass is 360 g/mol. The van der Waals surface area contributed by atoms with Gasteiger partial charge in [-0.15, -0.1) is 0 Å². The summed E-state index contributed by atoms with van der Waals surface area (Å²) >= 11 is 0. The van der Waals surface area contributed by atoms with Gasteiger partial charge in [-0.2, -0.15) is 4.72 Å². The first-order valence-corrected chi connectivity index (χ1v) is 9.67. The minimum Gasteiger partial charge on any atom is -0.325 e. The zero-order valence-corrected chi connectivity index (χ0v) is 15.7. The average Bonchev–Trinajstić information content (AvgIpc) is 2.55. The molecule has 0 aliphatic carbocycles. The third-order valence-corrected chi connectivity index (χ3v) is 5.46. The number of rotatable bonds is 6. The zero-order chi connectivity index (χ0) is 18.6. The molecule has 0 bridgehead atoms. The van der Waals surface area contributed by atoms with Crippen molar-refractivity contribution in [1.29, 1.82) is 0 Å². The molecule has 134 valence electrons. The average molecular weight is 360 g/mol. The van der Waals surface area contributed by atoms with Crippen molar-refractivity contribution < 1.29 is 13.2 Å². The molecule has 0 aliphatic heterocycles. The lowest BCUT2D eigenvalue weighted by atomic mass is 10.0. The van der Waals surface area contributed by atoms with Crippen LogP contribution in [0.15, 0.2) is 53.4 Å². The van der Waals surface area contributed by atoms with Gasteiger partial charge in [0.1, 0.15) is 0 Å². The largest absolute Gasteiger partial charge is 0.325 e. The van der Waals surface area contributed by atoms with Crippen LogP contribution in [0.4, 0.5) is 5.69 Å². The number of hydrogen-bond donors (Lipinski definition) is 2. The Morgan fingerprint density at radius 1 is 0.920 bits per heavy atom. The molecule has 2 N–H and O–H groups in total. The summed E-state index contributed by atoms with van der Waals surface area (Å²) in [6.45, 7) is 7.58. The summed E-state index contributed by atoms with van der Waals surface area (Å²) in [5.74, 6) is -0.00187. The number of amides is 1. The standard InChI is InChI=1S/C19H24N2O3S/c1-13(2)16-7-9-17(10-8-16)20-19(22)15(4)21-25(23,24)18-11-5-14(3)6-12-18/h5-13,15,21H,1-4H3,(H,20,22). The van der Waals surface area contributed by atoms with E-state index in [0.29, 0.717) is 11.6 Å². The topological polar surface area (TPSA) is 75.3 Å². The lowest BCUT2D eigenvalue weighted by molar-refractivity contribution is -0.117. The van der Waals surface area contributed by atoms with Crippen LogP contribution in [0.25, 0.3) is 0 Å². The number of aryl methyl sites for hydroxylation is 1. The summed E-state index contributed by atoms with van der Waals surface area (Å²) in [4.78, 5) is 12.4. The second-order valence-electron chi connectivity index (χ2n) is 6.42. The first kappa shape index (κ1) is 19.1. The molecule has 1 atom stereocenters. The molecule has 0 fully saturated rings. The molecule has 1 unspecified atom stereocenters. The van der Waals surface area contributed by atoms with Crippen LogP contribution in [0.1, 0.15) is 37.8 Å². The van der Waals surface area contributed by atoms with Crippen molar-refractivity contribution >= 4 is 21.6 Å². The predicted molar refractivity (Wildman–Crippen MR) is 100 cm³/mol. The molecule has 0 radical (unpaired) electrons. The lowest BCUT2D eigenvalue weighted by Crippen LogP contribution is -2.41. The molecule has 0 heterocycles. The van der Waals surface area contributed by atoms with Gasteiger partial charge < -0.3 is 5.32 Å². The highest BCUT2D eigenvalue weighted by Gasteiger charge is 2.22. The van der Waals surface area contributed by atoms with Crippen molar-refractivity contribution in [2.24, 2.45) is 0 Å². The highest BCUT2D eigenvalue weighted by Crippen LogP contribution is 2.17. The summed E-state index contributed by atoms with van der Waals surface area (Å²) in [6.07, 6.45) is 0. The first-order chi connectivity index (χ1) is 11.7. The van der Waals surface area contributed by atoms with Crippen LogP contribution >= 0.6 is 0 Å². The van der Waals surface area contributed by atoms with E-state index in [1.807, 2.05) is 31.2 Å². The molecule has 25 heavy (non-hydrogen) atoms. The van der Waals surface area contributed by atoms with Crippen molar-refractivity contribution in [3.63, 3.8) is 0 Å². The Morgan fingerprint density at radius 3 is 2.00 bits per heavy atom. The maximum Gasteiger partial charge on any atom is 0.242 e. The molecule has 2 rings (SSSR count). The molecule has 2 aromatic rings. The lowest BCUT2D eigenvalue weighted by Gasteiger charge is -2.15. The van der Waals surface area contributed by atoms with E-state index in [-0.39, 0.29) is 4.90 Å². The van der Waals surface area contributed by atoms with Crippen molar-refractivity contribution in [3.05, 3.63) is 59.7 Å². The van der Waals surface area contributed by atoms with Crippen LogP contribution < -0.4 is 10.0 Å². The Bertz CT molecular complexity index is 826. The van der Waals surface area contributed by atoms with Gasteiger partial charge in [0, 0.05) is 5.69 Å². The van der Waals surface area contributed by atoms with Gasteiger partial charge in [0.25, 0.3) is 0 Å². The molecule has 0 saturated heterocycles. The molecule has 0 saturated carbocycles. The molecule has 6 heteroatoms. The third-order valence-electron chi connectivity index (χ3n) is 3.90. The number of nitrogens with one attached hydrogen (secondary N) is 2. The van der Waals surface area contributed by atoms with E-state index >= 15 is 0 Å². The minimum absolute atomic E-state index is 0.138. The van der Waals surface area contributed by atoms with Crippen LogP contribution in [-0.2, 0) is 14.8 Å². The molecular weight excluding hydrogens is 336 g/mol. The maximum absolute atomic E-state index is 12.3. The fraction of sp³-hybridized carbons (Fsp3) is 0.316. The predicted octanol–water partition coefficient (Wildman–Crippen LogP) is 3.42. The fourth-order valence-electron chi connectivity index (χ4n) is 2.27. The van der Waals surface area contributed by atoms with E-state index in [4.69, 9.17) is 0 Å². The Kier molecular flexibility index (Phi) is 5.98. The Morgan fingerprint density at radius 2 is 1.48 bits per heavy atom. The van der Waals surface area contributed by atoms with E-state index in [1.54, 1.807) is 12.1 Å². The Balaban J connectivity index is 2.03. The number of benzene rings is 2. The van der Waals surface area contributed by atoms with Gasteiger partial charge in [-0.25, -0.2) is 8.42 Å². The maximum atomic E-state index is 12.3. The number of carbonyl (C=O) groups excluding carboxylic acids is 1. The van der Waals surface area contributed by atoms with Crippen LogP contribution in [-0.4, -0.2) is 20.4 Å². The smallest absolute Gasteiger partial charge is 0.242 e. The number of sulfonamides is 1. The summed E-state index contributed by atoms with van der Waals surface area (Å²) in [6, 6.07) is 13.1. The van der Waals surface area contributed by atoms with E-state index in [0.717, 1.165) is 5.56 Å². The summed E-state index contributed by atoms with van der Waals surface area (Å²) in [5.41, 5.74) is 2.77. The quantitative estimate of drug-likeness (QED) is 0.829. The number of anilines is 1. The second kappa shape index (κ2) is 7.80. The van der Waals surface area contributed by atoms with Gasteiger partial charge in [0.2, 0.25) is 15.9 Å². The van der Waals surface area contributed by atoms with Gasteiger partial charge in [-0.05, 0) is 49.6 Å². The molecule has 0 aliphatic rings. The van der Waals surface area contributed by atoms with E-state index in [2.05, 4.69) is 23.9 Å². The second-order valence-corrected chi connectivity index (χ2v) is 8.14. The number of hydrogen-bond acceptors (Lipinski definition) is 3. The van der Waals surface area contributed by atoms with Crippen LogP contribution in [0.5, 0.6) is 0 Å². The van der Waals surface area contributed by atoms with Gasteiger partial charge in [0.05, 0.1) is 10.9 Å². The number of carbonyl (C=O) groups is 1. The SMILES string of the molecule is Cc1ccc(S(=O)(=O)NC(C)C(=O)Nc2ccc(C(C)C)cc2)cc1. The van der Waals surface area contributed by atoms with Crippen molar-refractivity contribution in [2.45, 2.75) is 44.6 Å². The third kappa shape index (κ3) is 5.14. The van der Waals surface area contributed by atoms with Gasteiger partial charge in [-0.3, -0.25) is 4.79 Å². The highest BCUT2D eigenvalue weighted by atomic mass is 32.2. The molecular formula is C19H24N2O3S. The zero-order valence-electron chi connectivity index (χ0n) is 14.9. The van der Waals surface area contributed by atoms with Crippen molar-refractivity contribution in [2.75, 3.05) is 5.32 Å². The normalized spacial score (nSPS) is 12.8. The van der Waals surface area contributed by atoms with E-state index < -0.39 is 22.0 Å². The van der Waals surface area contributed by atoms with Gasteiger partial charge in [-0.1, -0.05) is 43.7 Å². The molecule has 0 spiro atoms. The molecule has 5 nitrogen and oxygen atoms in total. The summed E-state index contributed by atoms with van der Waals surface area (Å²) in [7, 11) is -3.74. The minimum atomic E-state index is -3.74. The summed E-state index contributed by atoms with van der Waals surface area (Å²) < 4.78 is 27.1. The van der Waals surface area contributed by atoms with Crippen LogP contribution in [0.3, 0.4) is 0 Å². The summed E-state index contributed by atoms with van der Waals surface area (Å²) in [5, 5.41) is 2.73. The van der Waals surface area contributed by atoms with Gasteiger partial charge in [0.15, 0.2) is 0 Å². The fourth-order valence-corrected chi connectivity index (χ4v) is 3.48. The van der Waals surface area contributed by atoms with E-state index in [1.165, 1.54) is 24.6 Å². The van der Waals surface area contributed by atoms with Crippen LogP contribution in [0.2, 0.25) is 0 Å². The molecule has 0 aromatic heterocycles. The van der Waals surface area contributed by atoms with Crippen molar-refractivity contribution in [1.82, 2.24) is 4.72 Å². The van der Waals surface area contributed by atoms with Crippen LogP contribution in [0, 0.1) is 6.92 Å². The van der Waals surface area contributed by atoms with Gasteiger partial charge >= 0.3 is 0 Å². The highest BCUT2D eigenvalue weighted by molar-refractivity contribution is 7.89. The first-order valence-electron chi connectivity index (χ1n) is 8.19. The molecule has 1 amide bonds. The Hall–Kier alpha value is -2.18. The molecule has 2 aromatic carbocycles. The van der Waals surface area contributed by atoms with E-state index in [9.17, 15) is 13.2 Å². The van der Waals surface area contributed by atoms with Crippen molar-refractivity contribution in [3.8, 4) is 0 Å². The Labute approximate surface area is 149 Å².